The molecule has 25 heavy (non-hydrogen) atoms. The molecule has 2 rings (SSSR count). The molecule has 0 aliphatic carbocycles. The Morgan fingerprint density at radius 2 is 1.92 bits per heavy atom. The van der Waals surface area contributed by atoms with Crippen molar-refractivity contribution in [1.29, 1.82) is 0 Å². The van der Waals surface area contributed by atoms with E-state index in [1.807, 2.05) is 0 Å². The van der Waals surface area contributed by atoms with Crippen LogP contribution in [0.25, 0.3) is 0 Å². The van der Waals surface area contributed by atoms with Crippen molar-refractivity contribution in [2.24, 2.45) is 0 Å². The molecule has 0 fully saturated rings. The van der Waals surface area contributed by atoms with Crippen LogP contribution in [0.2, 0.25) is 0 Å². The monoisotopic (exact) mass is 411 g/mol. The second-order valence-corrected chi connectivity index (χ2v) is 6.41. The van der Waals surface area contributed by atoms with Crippen LogP contribution in [-0.2, 0) is 16.1 Å². The van der Waals surface area contributed by atoms with Crippen molar-refractivity contribution in [2.45, 2.75) is 19.6 Å². The smallest absolute Gasteiger partial charge is 0.341 e. The Hall–Kier alpha value is -2.28. The maximum absolute atomic E-state index is 13.8. The molecule has 0 radical (unpaired) electrons. The first-order chi connectivity index (χ1) is 11.8. The highest BCUT2D eigenvalue weighted by molar-refractivity contribution is 9.10. The van der Waals surface area contributed by atoms with Gasteiger partial charge in [0.2, 0.25) is 0 Å². The number of amides is 1. The summed E-state index contributed by atoms with van der Waals surface area (Å²) in [6, 6.07) is 9.76. The topological polar surface area (TPSA) is 46.6 Å². The molecule has 2 aromatic carbocycles. The van der Waals surface area contributed by atoms with E-state index in [9.17, 15) is 18.4 Å². The lowest BCUT2D eigenvalue weighted by Crippen LogP contribution is -2.37. The number of carbonyl (C=O) groups is 2. The summed E-state index contributed by atoms with van der Waals surface area (Å²) in [4.78, 5) is 25.6. The molecule has 0 aromatic heterocycles. The standard InChI is InChI=1S/C18H16BrF2NO3/c1-11(25-18(24)15-7-6-13(19)9-16(15)21)17(23)22(2)10-12-4-3-5-14(20)8-12/h3-9,11H,10H2,1-2H3. The fraction of sp³-hybridized carbons (Fsp3) is 0.222. The number of nitrogens with zero attached hydrogens (tertiary/aromatic N) is 1. The number of hydrogen-bond acceptors (Lipinski definition) is 3. The zero-order chi connectivity index (χ0) is 18.6. The third-order valence-electron chi connectivity index (χ3n) is 3.47. The average Bonchev–Trinajstić information content (AvgIpc) is 2.53. The van der Waals surface area contributed by atoms with Gasteiger partial charge in [0.05, 0.1) is 5.56 Å². The molecular weight excluding hydrogens is 396 g/mol. The summed E-state index contributed by atoms with van der Waals surface area (Å²) in [5.41, 5.74) is 0.351. The van der Waals surface area contributed by atoms with Crippen molar-refractivity contribution in [3.05, 3.63) is 69.7 Å². The lowest BCUT2D eigenvalue weighted by Gasteiger charge is -2.21. The van der Waals surface area contributed by atoms with E-state index in [0.29, 0.717) is 10.0 Å². The second-order valence-electron chi connectivity index (χ2n) is 5.50. The number of rotatable bonds is 5. The number of hydrogen-bond donors (Lipinski definition) is 0. The molecule has 0 saturated carbocycles. The van der Waals surface area contributed by atoms with Crippen molar-refractivity contribution in [3.8, 4) is 0 Å². The fourth-order valence-corrected chi connectivity index (χ4v) is 2.56. The Kier molecular flexibility index (Phi) is 6.25. The summed E-state index contributed by atoms with van der Waals surface area (Å²) >= 11 is 3.10. The molecule has 0 saturated heterocycles. The highest BCUT2D eigenvalue weighted by Crippen LogP contribution is 2.17. The zero-order valence-electron chi connectivity index (χ0n) is 13.6. The first kappa shape index (κ1) is 19.1. The minimum absolute atomic E-state index is 0.158. The van der Waals surface area contributed by atoms with Crippen LogP contribution < -0.4 is 0 Å². The second kappa shape index (κ2) is 8.20. The van der Waals surface area contributed by atoms with E-state index in [-0.39, 0.29) is 12.1 Å². The minimum Gasteiger partial charge on any atom is -0.449 e. The summed E-state index contributed by atoms with van der Waals surface area (Å²) in [6.45, 7) is 1.56. The molecular formula is C18H16BrF2NO3. The maximum atomic E-state index is 13.8. The molecule has 1 amide bonds. The molecule has 0 N–H and O–H groups in total. The van der Waals surface area contributed by atoms with Gasteiger partial charge in [-0.2, -0.15) is 0 Å². The number of halogens is 3. The van der Waals surface area contributed by atoms with Gasteiger partial charge in [-0.05, 0) is 42.8 Å². The van der Waals surface area contributed by atoms with Gasteiger partial charge in [0.25, 0.3) is 5.91 Å². The summed E-state index contributed by atoms with van der Waals surface area (Å²) in [6.07, 6.45) is -1.10. The van der Waals surface area contributed by atoms with E-state index in [1.165, 1.54) is 43.1 Å². The van der Waals surface area contributed by atoms with Gasteiger partial charge in [-0.25, -0.2) is 13.6 Å². The van der Waals surface area contributed by atoms with Gasteiger partial charge in [-0.15, -0.1) is 0 Å². The molecule has 0 aliphatic heterocycles. The Balaban J connectivity index is 2.00. The van der Waals surface area contributed by atoms with Crippen LogP contribution in [0.1, 0.15) is 22.8 Å². The Morgan fingerprint density at radius 1 is 1.20 bits per heavy atom. The SMILES string of the molecule is CC(OC(=O)c1ccc(Br)cc1F)C(=O)N(C)Cc1cccc(F)c1. The van der Waals surface area contributed by atoms with Crippen LogP contribution in [0, 0.1) is 11.6 Å². The van der Waals surface area contributed by atoms with Gasteiger partial charge in [-0.1, -0.05) is 28.1 Å². The van der Waals surface area contributed by atoms with Crippen LogP contribution in [0.3, 0.4) is 0 Å². The van der Waals surface area contributed by atoms with Gasteiger partial charge >= 0.3 is 5.97 Å². The Bertz CT molecular complexity index is 798. The zero-order valence-corrected chi connectivity index (χ0v) is 15.2. The van der Waals surface area contributed by atoms with Gasteiger partial charge in [0, 0.05) is 18.1 Å². The summed E-state index contributed by atoms with van der Waals surface area (Å²) < 4.78 is 32.5. The molecule has 132 valence electrons. The molecule has 0 spiro atoms. The van der Waals surface area contributed by atoms with Crippen molar-refractivity contribution in [2.75, 3.05) is 7.05 Å². The van der Waals surface area contributed by atoms with E-state index in [4.69, 9.17) is 4.74 Å². The fourth-order valence-electron chi connectivity index (χ4n) is 2.23. The van der Waals surface area contributed by atoms with E-state index in [0.717, 1.165) is 6.07 Å². The van der Waals surface area contributed by atoms with Gasteiger partial charge < -0.3 is 9.64 Å². The lowest BCUT2D eigenvalue weighted by molar-refractivity contribution is -0.139. The third-order valence-corrected chi connectivity index (χ3v) is 3.96. The Labute approximate surface area is 152 Å². The predicted molar refractivity (Wildman–Crippen MR) is 91.9 cm³/mol. The summed E-state index contributed by atoms with van der Waals surface area (Å²) in [5, 5.41) is 0. The van der Waals surface area contributed by atoms with Crippen LogP contribution in [-0.4, -0.2) is 29.9 Å². The van der Waals surface area contributed by atoms with Crippen molar-refractivity contribution >= 4 is 27.8 Å². The van der Waals surface area contributed by atoms with Crippen LogP contribution in [0.15, 0.2) is 46.9 Å². The third kappa shape index (κ3) is 5.09. The predicted octanol–water partition coefficient (Wildman–Crippen LogP) is 3.93. The molecule has 1 atom stereocenters. The molecule has 0 bridgehead atoms. The van der Waals surface area contributed by atoms with Crippen LogP contribution >= 0.6 is 15.9 Å². The molecule has 0 heterocycles. The van der Waals surface area contributed by atoms with Crippen molar-refractivity contribution < 1.29 is 23.1 Å². The number of ether oxygens (including phenoxy) is 1. The van der Waals surface area contributed by atoms with Crippen LogP contribution in [0.5, 0.6) is 0 Å². The van der Waals surface area contributed by atoms with E-state index < -0.39 is 29.6 Å². The average molecular weight is 412 g/mol. The molecule has 0 aliphatic rings. The molecule has 2 aromatic rings. The van der Waals surface area contributed by atoms with Gasteiger partial charge in [0.15, 0.2) is 6.10 Å². The first-order valence-corrected chi connectivity index (χ1v) is 8.22. The molecule has 4 nitrogen and oxygen atoms in total. The summed E-state index contributed by atoms with van der Waals surface area (Å²) in [7, 11) is 1.51. The normalized spacial score (nSPS) is 11.7. The highest BCUT2D eigenvalue weighted by atomic mass is 79.9. The van der Waals surface area contributed by atoms with E-state index >= 15 is 0 Å². The lowest BCUT2D eigenvalue weighted by atomic mass is 10.2. The molecule has 7 heteroatoms. The Morgan fingerprint density at radius 3 is 2.56 bits per heavy atom. The molecule has 1 unspecified atom stereocenters. The van der Waals surface area contributed by atoms with Crippen molar-refractivity contribution in [3.63, 3.8) is 0 Å². The van der Waals surface area contributed by atoms with Gasteiger partial charge in [0.1, 0.15) is 11.6 Å². The number of esters is 1. The highest BCUT2D eigenvalue weighted by Gasteiger charge is 2.24. The van der Waals surface area contributed by atoms with Gasteiger partial charge in [-0.3, -0.25) is 4.79 Å². The van der Waals surface area contributed by atoms with E-state index in [2.05, 4.69) is 15.9 Å². The maximum Gasteiger partial charge on any atom is 0.341 e. The van der Waals surface area contributed by atoms with E-state index in [1.54, 1.807) is 12.1 Å². The minimum atomic E-state index is -1.10. The van der Waals surface area contributed by atoms with Crippen molar-refractivity contribution in [1.82, 2.24) is 4.90 Å². The van der Waals surface area contributed by atoms with Crippen LogP contribution in [0.4, 0.5) is 8.78 Å². The quantitative estimate of drug-likeness (QED) is 0.700. The summed E-state index contributed by atoms with van der Waals surface area (Å²) in [5.74, 6) is -2.55. The number of carbonyl (C=O) groups excluding carboxylic acids is 2. The first-order valence-electron chi connectivity index (χ1n) is 7.43. The number of benzene rings is 2. The number of likely N-dealkylation sites (N-methyl/N-ethyl adjacent to an activating group) is 1. The largest absolute Gasteiger partial charge is 0.449 e.